The van der Waals surface area contributed by atoms with Crippen LogP contribution in [-0.4, -0.2) is 35.7 Å². The number of rotatable bonds is 5. The third-order valence-corrected chi connectivity index (χ3v) is 3.93. The predicted octanol–water partition coefficient (Wildman–Crippen LogP) is 2.15. The van der Waals surface area contributed by atoms with Gasteiger partial charge in [0.05, 0.1) is 4.88 Å². The summed E-state index contributed by atoms with van der Waals surface area (Å²) >= 11 is 2.32. The lowest BCUT2D eigenvalue weighted by Crippen LogP contribution is -2.16. The number of aromatic nitrogens is 1. The fourth-order valence-corrected chi connectivity index (χ4v) is 3.00. The molecule has 0 saturated carbocycles. The number of amides is 1. The maximum absolute atomic E-state index is 11.4. The van der Waals surface area contributed by atoms with Crippen LogP contribution in [0.3, 0.4) is 0 Å². The molecule has 0 aromatic carbocycles. The fourth-order valence-electron chi connectivity index (χ4n) is 1.39. The number of carbonyl (C=O) groups is 2. The van der Waals surface area contributed by atoms with Crippen LogP contribution >= 0.6 is 22.7 Å². The van der Waals surface area contributed by atoms with Gasteiger partial charge in [-0.1, -0.05) is 17.4 Å². The number of carboxylic acids is 1. The molecule has 6 nitrogen and oxygen atoms in total. The highest BCUT2D eigenvalue weighted by Crippen LogP contribution is 2.33. The van der Waals surface area contributed by atoms with E-state index in [9.17, 15) is 9.59 Å². The van der Waals surface area contributed by atoms with E-state index in [1.807, 2.05) is 11.4 Å². The quantitative estimate of drug-likeness (QED) is 0.883. The third kappa shape index (κ3) is 3.16. The van der Waals surface area contributed by atoms with Crippen LogP contribution in [-0.2, 0) is 9.53 Å². The zero-order valence-corrected chi connectivity index (χ0v) is 11.5. The molecule has 0 aliphatic heterocycles. The first kappa shape index (κ1) is 13.7. The number of carboxylic acid groups (broad SMARTS) is 1. The Morgan fingerprint density at radius 2 is 2.32 bits per heavy atom. The molecule has 8 heteroatoms. The van der Waals surface area contributed by atoms with Gasteiger partial charge >= 0.3 is 5.97 Å². The monoisotopic (exact) mass is 298 g/mol. The molecule has 2 aromatic heterocycles. The summed E-state index contributed by atoms with van der Waals surface area (Å²) in [5.74, 6) is -1.43. The predicted molar refractivity (Wildman–Crippen MR) is 72.9 cm³/mol. The van der Waals surface area contributed by atoms with Crippen molar-refractivity contribution in [1.29, 1.82) is 0 Å². The molecule has 0 fully saturated rings. The Bertz CT molecular complexity index is 592. The SMILES string of the molecule is COCC(=O)Nc1nc(-c2cccs2)c(C(=O)O)s1. The van der Waals surface area contributed by atoms with Gasteiger partial charge in [0.15, 0.2) is 5.13 Å². The van der Waals surface area contributed by atoms with Gasteiger partial charge in [0.2, 0.25) is 0 Å². The van der Waals surface area contributed by atoms with Gasteiger partial charge in [0.1, 0.15) is 17.2 Å². The molecule has 2 rings (SSSR count). The summed E-state index contributed by atoms with van der Waals surface area (Å²) in [5.41, 5.74) is 0.375. The molecular formula is C11H10N2O4S2. The summed E-state index contributed by atoms with van der Waals surface area (Å²) < 4.78 is 4.68. The van der Waals surface area contributed by atoms with Crippen LogP contribution in [0.15, 0.2) is 17.5 Å². The summed E-state index contributed by atoms with van der Waals surface area (Å²) in [6.07, 6.45) is 0. The molecule has 0 aliphatic carbocycles. The van der Waals surface area contributed by atoms with Crippen molar-refractivity contribution in [1.82, 2.24) is 4.98 Å². The van der Waals surface area contributed by atoms with Crippen LogP contribution in [0.25, 0.3) is 10.6 Å². The minimum Gasteiger partial charge on any atom is -0.477 e. The Kier molecular flexibility index (Phi) is 4.25. The number of ether oxygens (including phenoxy) is 1. The lowest BCUT2D eigenvalue weighted by atomic mass is 10.3. The molecule has 0 unspecified atom stereocenters. The topological polar surface area (TPSA) is 88.5 Å². The molecule has 1 amide bonds. The van der Waals surface area contributed by atoms with Gasteiger partial charge in [-0.15, -0.1) is 11.3 Å². The number of thiophene rings is 1. The van der Waals surface area contributed by atoms with Gasteiger partial charge in [-0.3, -0.25) is 10.1 Å². The lowest BCUT2D eigenvalue weighted by Gasteiger charge is -1.98. The first-order chi connectivity index (χ1) is 9.11. The van der Waals surface area contributed by atoms with Crippen molar-refractivity contribution in [3.05, 3.63) is 22.4 Å². The molecule has 19 heavy (non-hydrogen) atoms. The number of methoxy groups -OCH3 is 1. The number of nitrogens with one attached hydrogen (secondary N) is 1. The van der Waals surface area contributed by atoms with Gasteiger partial charge < -0.3 is 9.84 Å². The number of anilines is 1. The van der Waals surface area contributed by atoms with Crippen LogP contribution in [0.2, 0.25) is 0 Å². The molecule has 0 spiro atoms. The van der Waals surface area contributed by atoms with E-state index in [1.165, 1.54) is 18.4 Å². The van der Waals surface area contributed by atoms with E-state index in [1.54, 1.807) is 6.07 Å². The van der Waals surface area contributed by atoms with Gasteiger partial charge in [-0.2, -0.15) is 0 Å². The molecule has 0 radical (unpaired) electrons. The molecule has 2 aromatic rings. The van der Waals surface area contributed by atoms with Crippen molar-refractivity contribution in [3.63, 3.8) is 0 Å². The van der Waals surface area contributed by atoms with Crippen molar-refractivity contribution < 1.29 is 19.4 Å². The second-order valence-corrected chi connectivity index (χ2v) is 5.41. The summed E-state index contributed by atoms with van der Waals surface area (Å²) in [4.78, 5) is 27.6. The Labute approximate surface area is 116 Å². The number of hydrogen-bond acceptors (Lipinski definition) is 6. The van der Waals surface area contributed by atoms with Crippen molar-refractivity contribution >= 4 is 39.7 Å². The van der Waals surface area contributed by atoms with E-state index >= 15 is 0 Å². The van der Waals surface area contributed by atoms with Crippen LogP contribution in [0.4, 0.5) is 5.13 Å². The van der Waals surface area contributed by atoms with E-state index in [2.05, 4.69) is 15.0 Å². The molecule has 0 aliphatic rings. The molecule has 0 bridgehead atoms. The summed E-state index contributed by atoms with van der Waals surface area (Å²) in [5, 5.41) is 13.7. The fraction of sp³-hybridized carbons (Fsp3) is 0.182. The number of thiazole rings is 1. The van der Waals surface area contributed by atoms with Crippen molar-refractivity contribution in [2.75, 3.05) is 19.0 Å². The van der Waals surface area contributed by atoms with Crippen LogP contribution in [0.1, 0.15) is 9.67 Å². The van der Waals surface area contributed by atoms with E-state index < -0.39 is 5.97 Å². The summed E-state index contributed by atoms with van der Waals surface area (Å²) in [7, 11) is 1.40. The lowest BCUT2D eigenvalue weighted by molar-refractivity contribution is -0.119. The van der Waals surface area contributed by atoms with E-state index in [4.69, 9.17) is 5.11 Å². The first-order valence-corrected chi connectivity index (χ1v) is 6.88. The maximum atomic E-state index is 11.4. The number of carbonyl (C=O) groups excluding carboxylic acids is 1. The van der Waals surface area contributed by atoms with Crippen molar-refractivity contribution in [3.8, 4) is 10.6 Å². The summed E-state index contributed by atoms with van der Waals surface area (Å²) in [6, 6.07) is 3.60. The average molecular weight is 298 g/mol. The van der Waals surface area contributed by atoms with Crippen molar-refractivity contribution in [2.24, 2.45) is 0 Å². The second kappa shape index (κ2) is 5.91. The highest BCUT2D eigenvalue weighted by atomic mass is 32.1. The normalized spacial score (nSPS) is 10.4. The molecule has 100 valence electrons. The van der Waals surface area contributed by atoms with Crippen LogP contribution in [0.5, 0.6) is 0 Å². The van der Waals surface area contributed by atoms with E-state index in [0.29, 0.717) is 5.69 Å². The van der Waals surface area contributed by atoms with Gasteiger partial charge in [0, 0.05) is 7.11 Å². The Morgan fingerprint density at radius 1 is 1.53 bits per heavy atom. The van der Waals surface area contributed by atoms with Gasteiger partial charge in [-0.05, 0) is 11.4 Å². The zero-order valence-electron chi connectivity index (χ0n) is 9.87. The molecule has 2 N–H and O–H groups in total. The minimum atomic E-state index is -1.06. The molecule has 2 heterocycles. The van der Waals surface area contributed by atoms with Crippen LogP contribution in [0, 0.1) is 0 Å². The molecule has 0 atom stereocenters. The average Bonchev–Trinajstić information content (AvgIpc) is 2.96. The van der Waals surface area contributed by atoms with Crippen molar-refractivity contribution in [2.45, 2.75) is 0 Å². The smallest absolute Gasteiger partial charge is 0.348 e. The highest BCUT2D eigenvalue weighted by molar-refractivity contribution is 7.19. The Balaban J connectivity index is 2.31. The zero-order chi connectivity index (χ0) is 13.8. The van der Waals surface area contributed by atoms with Gasteiger partial charge in [-0.25, -0.2) is 9.78 Å². The highest BCUT2D eigenvalue weighted by Gasteiger charge is 2.20. The maximum Gasteiger partial charge on any atom is 0.348 e. The third-order valence-electron chi connectivity index (χ3n) is 2.10. The minimum absolute atomic E-state index is 0.101. The number of hydrogen-bond donors (Lipinski definition) is 2. The number of nitrogens with zero attached hydrogens (tertiary/aromatic N) is 1. The second-order valence-electron chi connectivity index (χ2n) is 3.46. The van der Waals surface area contributed by atoms with Gasteiger partial charge in [0.25, 0.3) is 5.91 Å². The largest absolute Gasteiger partial charge is 0.477 e. The van der Waals surface area contributed by atoms with E-state index in [-0.39, 0.29) is 22.5 Å². The van der Waals surface area contributed by atoms with E-state index in [0.717, 1.165) is 16.2 Å². The first-order valence-electron chi connectivity index (χ1n) is 5.18. The molecular weight excluding hydrogens is 288 g/mol. The molecule has 0 saturated heterocycles. The Hall–Kier alpha value is -1.77. The Morgan fingerprint density at radius 3 is 2.89 bits per heavy atom. The summed E-state index contributed by atoms with van der Waals surface area (Å²) in [6.45, 7) is -0.101. The standard InChI is InChI=1S/C11H10N2O4S2/c1-17-5-7(14)12-11-13-8(6-3-2-4-18-6)9(19-11)10(15)16/h2-4H,5H2,1H3,(H,15,16)(H,12,13,14). The van der Waals surface area contributed by atoms with Crippen LogP contribution < -0.4 is 5.32 Å². The number of aromatic carboxylic acids is 1.